The van der Waals surface area contributed by atoms with Gasteiger partial charge in [0.15, 0.2) is 0 Å². The third kappa shape index (κ3) is 2.17. The lowest BCUT2D eigenvalue weighted by atomic mass is 9.98. The van der Waals surface area contributed by atoms with Crippen LogP contribution in [0.4, 0.5) is 0 Å². The molecule has 1 aliphatic rings. The fraction of sp³-hybridized carbons (Fsp3) is 1.00. The van der Waals surface area contributed by atoms with Crippen molar-refractivity contribution in [2.24, 2.45) is 5.92 Å². The molecule has 1 rings (SSSR count). The first-order chi connectivity index (χ1) is 5.25. The molecular formula is C9H20N2. The molecule has 0 aromatic carbocycles. The summed E-state index contributed by atoms with van der Waals surface area (Å²) in [5.74, 6) is 0.884. The van der Waals surface area contributed by atoms with E-state index in [9.17, 15) is 0 Å². The zero-order valence-electron chi connectivity index (χ0n) is 7.93. The van der Waals surface area contributed by atoms with Crippen molar-refractivity contribution in [1.82, 2.24) is 10.2 Å². The van der Waals surface area contributed by atoms with E-state index in [1.54, 1.807) is 0 Å². The van der Waals surface area contributed by atoms with E-state index >= 15 is 0 Å². The second-order valence-corrected chi connectivity index (χ2v) is 3.74. The van der Waals surface area contributed by atoms with Crippen LogP contribution in [0.15, 0.2) is 0 Å². The lowest BCUT2D eigenvalue weighted by Crippen LogP contribution is -2.34. The highest BCUT2D eigenvalue weighted by molar-refractivity contribution is 4.85. The number of hydrogen-bond donors (Lipinski definition) is 1. The van der Waals surface area contributed by atoms with Gasteiger partial charge in [-0.05, 0) is 33.0 Å². The van der Waals surface area contributed by atoms with Gasteiger partial charge in [0.2, 0.25) is 0 Å². The van der Waals surface area contributed by atoms with Crippen molar-refractivity contribution in [2.75, 3.05) is 27.2 Å². The average Bonchev–Trinajstić information content (AvgIpc) is 2.36. The molecule has 0 unspecified atom stereocenters. The van der Waals surface area contributed by atoms with Crippen LogP contribution >= 0.6 is 0 Å². The molecule has 0 radical (unpaired) electrons. The van der Waals surface area contributed by atoms with Crippen LogP contribution in [0.2, 0.25) is 0 Å². The Kier molecular flexibility index (Phi) is 3.34. The third-order valence-electron chi connectivity index (χ3n) is 2.63. The van der Waals surface area contributed by atoms with E-state index in [1.807, 2.05) is 0 Å². The molecule has 0 spiro atoms. The van der Waals surface area contributed by atoms with Gasteiger partial charge in [0.25, 0.3) is 0 Å². The fourth-order valence-electron chi connectivity index (χ4n) is 1.99. The third-order valence-corrected chi connectivity index (χ3v) is 2.63. The fourth-order valence-corrected chi connectivity index (χ4v) is 1.99. The Balaban J connectivity index is 2.37. The molecule has 0 aromatic rings. The van der Waals surface area contributed by atoms with Gasteiger partial charge in [-0.1, -0.05) is 13.3 Å². The number of nitrogens with zero attached hydrogens (tertiary/aromatic N) is 1. The molecule has 66 valence electrons. The topological polar surface area (TPSA) is 15.3 Å². The zero-order valence-corrected chi connectivity index (χ0v) is 7.93. The van der Waals surface area contributed by atoms with Crippen LogP contribution in [0, 0.1) is 5.92 Å². The molecule has 0 saturated carbocycles. The first-order valence-electron chi connectivity index (χ1n) is 4.62. The minimum atomic E-state index is 0.773. The van der Waals surface area contributed by atoms with Gasteiger partial charge in [-0.2, -0.15) is 0 Å². The van der Waals surface area contributed by atoms with Gasteiger partial charge in [-0.3, -0.25) is 0 Å². The first kappa shape index (κ1) is 9.01. The SMILES string of the molecule is CCC[C@H]1CNC[C@H]1N(C)C. The van der Waals surface area contributed by atoms with Crippen LogP contribution in [-0.2, 0) is 0 Å². The second-order valence-electron chi connectivity index (χ2n) is 3.74. The van der Waals surface area contributed by atoms with Crippen LogP contribution in [0.25, 0.3) is 0 Å². The van der Waals surface area contributed by atoms with Crippen LogP contribution in [0.5, 0.6) is 0 Å². The molecule has 0 aromatic heterocycles. The summed E-state index contributed by atoms with van der Waals surface area (Å²) in [6.45, 7) is 4.67. The Hall–Kier alpha value is -0.0800. The van der Waals surface area contributed by atoms with E-state index in [1.165, 1.54) is 25.9 Å². The van der Waals surface area contributed by atoms with Gasteiger partial charge in [-0.25, -0.2) is 0 Å². The molecule has 1 fully saturated rings. The normalized spacial score (nSPS) is 31.6. The van der Waals surface area contributed by atoms with Crippen molar-refractivity contribution in [3.63, 3.8) is 0 Å². The number of likely N-dealkylation sites (N-methyl/N-ethyl adjacent to an activating group) is 1. The van der Waals surface area contributed by atoms with Crippen LogP contribution in [0.3, 0.4) is 0 Å². The Morgan fingerprint density at radius 2 is 2.09 bits per heavy atom. The molecule has 0 aliphatic carbocycles. The first-order valence-corrected chi connectivity index (χ1v) is 4.62. The van der Waals surface area contributed by atoms with Crippen LogP contribution < -0.4 is 5.32 Å². The van der Waals surface area contributed by atoms with E-state index < -0.39 is 0 Å². The number of nitrogens with one attached hydrogen (secondary N) is 1. The van der Waals surface area contributed by atoms with Gasteiger partial charge in [-0.15, -0.1) is 0 Å². The van der Waals surface area contributed by atoms with E-state index in [0.29, 0.717) is 0 Å². The molecule has 2 atom stereocenters. The summed E-state index contributed by atoms with van der Waals surface area (Å²) in [5, 5.41) is 3.45. The van der Waals surface area contributed by atoms with Crippen molar-refractivity contribution < 1.29 is 0 Å². The Morgan fingerprint density at radius 3 is 2.64 bits per heavy atom. The summed E-state index contributed by atoms with van der Waals surface area (Å²) >= 11 is 0. The van der Waals surface area contributed by atoms with Crippen molar-refractivity contribution >= 4 is 0 Å². The van der Waals surface area contributed by atoms with Crippen LogP contribution in [0.1, 0.15) is 19.8 Å². The molecule has 1 heterocycles. The Labute approximate surface area is 70.0 Å². The quantitative estimate of drug-likeness (QED) is 0.654. The van der Waals surface area contributed by atoms with E-state index in [0.717, 1.165) is 12.0 Å². The molecule has 2 heteroatoms. The van der Waals surface area contributed by atoms with Gasteiger partial charge in [0.1, 0.15) is 0 Å². The highest BCUT2D eigenvalue weighted by Crippen LogP contribution is 2.18. The van der Waals surface area contributed by atoms with Crippen LogP contribution in [-0.4, -0.2) is 38.1 Å². The Morgan fingerprint density at radius 1 is 1.36 bits per heavy atom. The van der Waals surface area contributed by atoms with Gasteiger partial charge in [0, 0.05) is 12.6 Å². The maximum atomic E-state index is 3.45. The molecule has 0 bridgehead atoms. The molecule has 11 heavy (non-hydrogen) atoms. The summed E-state index contributed by atoms with van der Waals surface area (Å²) in [6.07, 6.45) is 2.69. The minimum Gasteiger partial charge on any atom is -0.315 e. The summed E-state index contributed by atoms with van der Waals surface area (Å²) in [7, 11) is 4.36. The van der Waals surface area contributed by atoms with Gasteiger partial charge < -0.3 is 10.2 Å². The van der Waals surface area contributed by atoms with E-state index in [4.69, 9.17) is 0 Å². The predicted molar refractivity (Wildman–Crippen MR) is 48.7 cm³/mol. The summed E-state index contributed by atoms with van der Waals surface area (Å²) in [4.78, 5) is 2.35. The smallest absolute Gasteiger partial charge is 0.0254 e. The minimum absolute atomic E-state index is 0.773. The average molecular weight is 156 g/mol. The molecular weight excluding hydrogens is 136 g/mol. The predicted octanol–water partition coefficient (Wildman–Crippen LogP) is 0.936. The maximum absolute atomic E-state index is 3.45. The summed E-state index contributed by atoms with van der Waals surface area (Å²) in [5.41, 5.74) is 0. The molecule has 1 N–H and O–H groups in total. The van der Waals surface area contributed by atoms with E-state index in [-0.39, 0.29) is 0 Å². The van der Waals surface area contributed by atoms with Gasteiger partial charge in [0.05, 0.1) is 0 Å². The second kappa shape index (κ2) is 4.07. The lowest BCUT2D eigenvalue weighted by molar-refractivity contribution is 0.245. The molecule has 0 amide bonds. The number of rotatable bonds is 3. The molecule has 1 aliphatic heterocycles. The van der Waals surface area contributed by atoms with Crippen molar-refractivity contribution in [2.45, 2.75) is 25.8 Å². The summed E-state index contributed by atoms with van der Waals surface area (Å²) < 4.78 is 0. The number of hydrogen-bond acceptors (Lipinski definition) is 2. The lowest BCUT2D eigenvalue weighted by Gasteiger charge is -2.24. The standard InChI is InChI=1S/C9H20N2/c1-4-5-8-6-10-7-9(8)11(2)3/h8-10H,4-7H2,1-3H3/t8-,9+/m0/s1. The largest absolute Gasteiger partial charge is 0.315 e. The monoisotopic (exact) mass is 156 g/mol. The zero-order chi connectivity index (χ0) is 8.27. The highest BCUT2D eigenvalue weighted by Gasteiger charge is 2.27. The highest BCUT2D eigenvalue weighted by atomic mass is 15.2. The summed E-state index contributed by atoms with van der Waals surface area (Å²) in [6, 6.07) is 0.773. The Bertz CT molecular complexity index is 112. The van der Waals surface area contributed by atoms with Gasteiger partial charge >= 0.3 is 0 Å². The van der Waals surface area contributed by atoms with Crippen molar-refractivity contribution in [1.29, 1.82) is 0 Å². The van der Waals surface area contributed by atoms with E-state index in [2.05, 4.69) is 31.2 Å². The molecule has 2 nitrogen and oxygen atoms in total. The molecule has 1 saturated heterocycles. The van der Waals surface area contributed by atoms with Crippen molar-refractivity contribution in [3.8, 4) is 0 Å². The maximum Gasteiger partial charge on any atom is 0.0254 e. The van der Waals surface area contributed by atoms with Crippen molar-refractivity contribution in [3.05, 3.63) is 0 Å².